The van der Waals surface area contributed by atoms with Gasteiger partial charge >= 0.3 is 5.97 Å². The monoisotopic (exact) mass is 794 g/mol. The van der Waals surface area contributed by atoms with E-state index in [0.717, 1.165) is 66.8 Å². The highest BCUT2D eigenvalue weighted by Crippen LogP contribution is 2.67. The van der Waals surface area contributed by atoms with Crippen molar-refractivity contribution in [1.29, 1.82) is 0 Å². The van der Waals surface area contributed by atoms with Gasteiger partial charge in [0.15, 0.2) is 11.5 Å². The number of carbonyl (C=O) groups excluding carboxylic acids is 2. The van der Waals surface area contributed by atoms with Crippen LogP contribution in [0.2, 0.25) is 0 Å². The van der Waals surface area contributed by atoms with Crippen LogP contribution in [-0.4, -0.2) is 31.7 Å². The molecule has 58 heavy (non-hydrogen) atoms. The standard InChI is InChI=1S/C52H75NO5/c1-8-9-10-11-12-13-33-57-47-27-17-38(34-48(47)56-7)18-28-49(54)53-41-22-19-39(20-23-41)50(55)58-42-29-31-51(5)40(35-42)21-24-43-45-26-25-44(37(4)16-14-15-36(2)3)52(45,6)32-30-46(43)51/h17-23,27-28,34,36-37,42-46H,8-16,24-26,29-33,35H2,1-7H3,(H,53,54)/b28-18+/t37-,42?,43+,44-,45+,46+,51+,52-/m1/s1. The van der Waals surface area contributed by atoms with E-state index < -0.39 is 0 Å². The molecule has 2 aromatic rings. The molecule has 0 heterocycles. The molecule has 3 fully saturated rings. The smallest absolute Gasteiger partial charge is 0.338 e. The lowest BCUT2D eigenvalue weighted by Crippen LogP contribution is -2.51. The van der Waals surface area contributed by atoms with E-state index in [2.05, 4.69) is 52.9 Å². The lowest BCUT2D eigenvalue weighted by molar-refractivity contribution is -0.111. The number of amides is 1. The van der Waals surface area contributed by atoms with Gasteiger partial charge in [-0.3, -0.25) is 4.79 Å². The molecule has 6 rings (SSSR count). The molecule has 8 atom stereocenters. The molecule has 0 aliphatic heterocycles. The number of nitrogens with one attached hydrogen (secondary N) is 1. The minimum Gasteiger partial charge on any atom is -0.493 e. The molecule has 318 valence electrons. The molecule has 6 heteroatoms. The minimum absolute atomic E-state index is 0.0936. The van der Waals surface area contributed by atoms with Crippen LogP contribution >= 0.6 is 0 Å². The van der Waals surface area contributed by atoms with Crippen molar-refractivity contribution in [1.82, 2.24) is 0 Å². The molecule has 4 aliphatic rings. The lowest BCUT2D eigenvalue weighted by Gasteiger charge is -2.58. The molecule has 0 radical (unpaired) electrons. The average molecular weight is 794 g/mol. The number of benzene rings is 2. The van der Waals surface area contributed by atoms with Crippen molar-refractivity contribution < 1.29 is 23.8 Å². The van der Waals surface area contributed by atoms with Crippen LogP contribution < -0.4 is 14.8 Å². The zero-order valence-electron chi connectivity index (χ0n) is 37.1. The molecule has 0 bridgehead atoms. The normalized spacial score (nSPS) is 28.3. The Kier molecular flexibility index (Phi) is 15.3. The predicted octanol–water partition coefficient (Wildman–Crippen LogP) is 13.7. The number of anilines is 1. The number of ether oxygens (including phenoxy) is 3. The van der Waals surface area contributed by atoms with Gasteiger partial charge < -0.3 is 19.5 Å². The van der Waals surface area contributed by atoms with Crippen LogP contribution in [0.3, 0.4) is 0 Å². The van der Waals surface area contributed by atoms with Gasteiger partial charge in [-0.25, -0.2) is 4.79 Å². The molecular weight excluding hydrogens is 719 g/mol. The number of hydrogen-bond donors (Lipinski definition) is 1. The van der Waals surface area contributed by atoms with Gasteiger partial charge in [-0.15, -0.1) is 0 Å². The third-order valence-electron chi connectivity index (χ3n) is 15.3. The first-order chi connectivity index (χ1) is 27.9. The lowest BCUT2D eigenvalue weighted by atomic mass is 9.47. The molecular formula is C52H75NO5. The van der Waals surface area contributed by atoms with Crippen molar-refractivity contribution in [2.75, 3.05) is 19.0 Å². The number of allylic oxidation sites excluding steroid dienone is 1. The fourth-order valence-corrected chi connectivity index (χ4v) is 12.0. The van der Waals surface area contributed by atoms with E-state index in [1.165, 1.54) is 95.1 Å². The summed E-state index contributed by atoms with van der Waals surface area (Å²) in [4.78, 5) is 26.2. The maximum absolute atomic E-state index is 13.4. The third-order valence-corrected chi connectivity index (χ3v) is 15.3. The van der Waals surface area contributed by atoms with Crippen molar-refractivity contribution >= 4 is 23.6 Å². The fraction of sp³-hybridized carbons (Fsp3) is 0.654. The zero-order valence-corrected chi connectivity index (χ0v) is 37.1. The van der Waals surface area contributed by atoms with Gasteiger partial charge in [0.2, 0.25) is 5.91 Å². The molecule has 3 saturated carbocycles. The Balaban J connectivity index is 0.968. The summed E-state index contributed by atoms with van der Waals surface area (Å²) < 4.78 is 17.7. The van der Waals surface area contributed by atoms with Gasteiger partial charge in [0.25, 0.3) is 0 Å². The number of esters is 1. The highest BCUT2D eigenvalue weighted by Gasteiger charge is 2.59. The highest BCUT2D eigenvalue weighted by molar-refractivity contribution is 6.02. The topological polar surface area (TPSA) is 73.9 Å². The van der Waals surface area contributed by atoms with Gasteiger partial charge in [-0.05, 0) is 146 Å². The fourth-order valence-electron chi connectivity index (χ4n) is 12.0. The highest BCUT2D eigenvalue weighted by atomic mass is 16.5. The number of fused-ring (bicyclic) bond motifs is 5. The maximum Gasteiger partial charge on any atom is 0.338 e. The van der Waals surface area contributed by atoms with Crippen molar-refractivity contribution in [3.8, 4) is 11.5 Å². The van der Waals surface area contributed by atoms with E-state index in [1.54, 1.807) is 37.5 Å². The number of hydrogen-bond acceptors (Lipinski definition) is 5. The Hall–Kier alpha value is -3.54. The van der Waals surface area contributed by atoms with Gasteiger partial charge in [-0.2, -0.15) is 0 Å². The average Bonchev–Trinajstić information content (AvgIpc) is 3.57. The van der Waals surface area contributed by atoms with Gasteiger partial charge in [0.1, 0.15) is 6.10 Å². The van der Waals surface area contributed by atoms with Crippen molar-refractivity contribution in [2.24, 2.45) is 46.3 Å². The summed E-state index contributed by atoms with van der Waals surface area (Å²) in [6.45, 7) is 15.4. The quantitative estimate of drug-likeness (QED) is 0.0664. The third kappa shape index (κ3) is 10.4. The molecule has 1 N–H and O–H groups in total. The molecule has 2 aromatic carbocycles. The summed E-state index contributed by atoms with van der Waals surface area (Å²) >= 11 is 0. The Morgan fingerprint density at radius 3 is 2.40 bits per heavy atom. The number of carbonyl (C=O) groups is 2. The Labute approximate surface area is 351 Å². The summed E-state index contributed by atoms with van der Waals surface area (Å²) in [5.74, 6) is 5.71. The van der Waals surface area contributed by atoms with Crippen LogP contribution in [0.5, 0.6) is 11.5 Å². The molecule has 1 amide bonds. The van der Waals surface area contributed by atoms with Gasteiger partial charge in [0.05, 0.1) is 19.3 Å². The Morgan fingerprint density at radius 2 is 1.64 bits per heavy atom. The maximum atomic E-state index is 13.4. The molecule has 6 nitrogen and oxygen atoms in total. The summed E-state index contributed by atoms with van der Waals surface area (Å²) in [6, 6.07) is 12.7. The van der Waals surface area contributed by atoms with E-state index in [-0.39, 0.29) is 23.4 Å². The van der Waals surface area contributed by atoms with Crippen molar-refractivity contribution in [3.63, 3.8) is 0 Å². The summed E-state index contributed by atoms with van der Waals surface area (Å²) in [6.07, 6.45) is 26.8. The number of rotatable bonds is 19. The Morgan fingerprint density at radius 1 is 0.862 bits per heavy atom. The van der Waals surface area contributed by atoms with Crippen LogP contribution in [0, 0.1) is 46.3 Å². The van der Waals surface area contributed by atoms with Crippen molar-refractivity contribution in [2.45, 2.75) is 157 Å². The SMILES string of the molecule is CCCCCCCCOc1ccc(/C=C/C(=O)Nc2ccc(C(=O)OC3CC[C@@]4(C)C(=CC[C@H]5[C@@H]6CC[C@H]([C@H](C)CCCC(C)C)[C@@]6(C)CC[C@@H]54)C3)cc2)cc1OC. The summed E-state index contributed by atoms with van der Waals surface area (Å²) in [7, 11) is 1.63. The van der Waals surface area contributed by atoms with E-state index in [4.69, 9.17) is 14.2 Å². The number of unbranched alkanes of at least 4 members (excludes halogenated alkanes) is 5. The van der Waals surface area contributed by atoms with E-state index in [0.29, 0.717) is 34.8 Å². The Bertz CT molecular complexity index is 1730. The second-order valence-electron chi connectivity index (χ2n) is 19.5. The van der Waals surface area contributed by atoms with Crippen LogP contribution in [0.1, 0.15) is 167 Å². The van der Waals surface area contributed by atoms with E-state index in [1.807, 2.05) is 18.2 Å². The molecule has 1 unspecified atom stereocenters. The van der Waals surface area contributed by atoms with Crippen molar-refractivity contribution in [3.05, 3.63) is 71.3 Å². The zero-order chi connectivity index (χ0) is 41.3. The van der Waals surface area contributed by atoms with Crippen LogP contribution in [0.4, 0.5) is 5.69 Å². The first kappa shape index (κ1) is 44.0. The largest absolute Gasteiger partial charge is 0.493 e. The number of methoxy groups -OCH3 is 1. The van der Waals surface area contributed by atoms with Gasteiger partial charge in [-0.1, -0.05) is 111 Å². The molecule has 0 saturated heterocycles. The summed E-state index contributed by atoms with van der Waals surface area (Å²) in [5.41, 5.74) is 4.22. The first-order valence-electron chi connectivity index (χ1n) is 23.3. The molecule has 0 aromatic heterocycles. The molecule has 0 spiro atoms. The summed E-state index contributed by atoms with van der Waals surface area (Å²) in [5, 5.41) is 2.90. The first-order valence-corrected chi connectivity index (χ1v) is 23.3. The second kappa shape index (κ2) is 20.1. The molecule has 4 aliphatic carbocycles. The van der Waals surface area contributed by atoms with Gasteiger partial charge in [0, 0.05) is 18.2 Å². The van der Waals surface area contributed by atoms with Crippen LogP contribution in [-0.2, 0) is 9.53 Å². The minimum atomic E-state index is -0.290. The van der Waals surface area contributed by atoms with E-state index >= 15 is 0 Å². The predicted molar refractivity (Wildman–Crippen MR) is 238 cm³/mol. The van der Waals surface area contributed by atoms with Crippen LogP contribution in [0.25, 0.3) is 6.08 Å². The second-order valence-corrected chi connectivity index (χ2v) is 19.5. The van der Waals surface area contributed by atoms with E-state index in [9.17, 15) is 9.59 Å². The van der Waals surface area contributed by atoms with Crippen LogP contribution in [0.15, 0.2) is 60.2 Å².